The zero-order valence-electron chi connectivity index (χ0n) is 8.21. The summed E-state index contributed by atoms with van der Waals surface area (Å²) in [7, 11) is -3.06. The van der Waals surface area contributed by atoms with Gasteiger partial charge < -0.3 is 10.2 Å². The van der Waals surface area contributed by atoms with E-state index in [-0.39, 0.29) is 0 Å². The van der Waals surface area contributed by atoms with Crippen LogP contribution in [0.3, 0.4) is 0 Å². The molecule has 0 heterocycles. The van der Waals surface area contributed by atoms with Crippen molar-refractivity contribution in [2.75, 3.05) is 12.5 Å². The Balaban J connectivity index is 0.000000385. The van der Waals surface area contributed by atoms with E-state index in [1.807, 2.05) is 24.3 Å². The van der Waals surface area contributed by atoms with Gasteiger partial charge in [0.05, 0.1) is 12.8 Å². The molecule has 7 nitrogen and oxygen atoms in total. The second-order valence-corrected chi connectivity index (χ2v) is 3.45. The van der Waals surface area contributed by atoms with E-state index < -0.39 is 10.4 Å². The van der Waals surface area contributed by atoms with Gasteiger partial charge in [-0.05, 0) is 23.9 Å². The lowest BCUT2D eigenvalue weighted by Gasteiger charge is -2.07. The summed E-state index contributed by atoms with van der Waals surface area (Å²) in [5.74, 6) is 0.751. The van der Waals surface area contributed by atoms with Gasteiger partial charge in [0.1, 0.15) is 5.75 Å². The van der Waals surface area contributed by atoms with Crippen molar-refractivity contribution < 1.29 is 22.3 Å². The Morgan fingerprint density at radius 2 is 1.81 bits per heavy atom. The Kier molecular flexibility index (Phi) is 6.77. The largest absolute Gasteiger partial charge is 0.495 e. The summed E-state index contributed by atoms with van der Waals surface area (Å²) in [6, 6.07) is 7.47. The average Bonchev–Trinajstić information content (AvgIpc) is 2.16. The number of hydrogen-bond acceptors (Lipinski definition) is 5. The van der Waals surface area contributed by atoms with E-state index in [1.54, 1.807) is 7.11 Å². The number of methoxy groups -OCH3 is 1. The fraction of sp³-hybridized carbons (Fsp3) is 0.143. The van der Waals surface area contributed by atoms with Gasteiger partial charge in [0.15, 0.2) is 0 Å². The van der Waals surface area contributed by atoms with E-state index in [1.165, 1.54) is 0 Å². The van der Waals surface area contributed by atoms with E-state index in [9.17, 15) is 0 Å². The van der Waals surface area contributed by atoms with Crippen LogP contribution in [0.4, 0.5) is 5.69 Å². The molecule has 0 aromatic heterocycles. The number of benzene rings is 1. The summed E-state index contributed by atoms with van der Waals surface area (Å²) in [5.41, 5.74) is 3.53. The number of hydrazine groups is 1. The van der Waals surface area contributed by atoms with Crippen molar-refractivity contribution >= 4 is 27.9 Å². The average molecular weight is 271 g/mol. The van der Waals surface area contributed by atoms with Crippen molar-refractivity contribution in [2.45, 2.75) is 0 Å². The molecule has 0 amide bonds. The molecule has 0 atom stereocenters. The number of hydrogen-bond donors (Lipinski definition) is 4. The third-order valence-electron chi connectivity index (χ3n) is 1.29. The van der Waals surface area contributed by atoms with Gasteiger partial charge in [0, 0.05) is 0 Å². The van der Waals surface area contributed by atoms with Crippen LogP contribution < -0.4 is 15.1 Å². The van der Waals surface area contributed by atoms with Crippen LogP contribution in [0.5, 0.6) is 5.75 Å². The molecule has 0 spiro atoms. The summed E-state index contributed by atoms with van der Waals surface area (Å²) in [5, 5.41) is 0. The van der Waals surface area contributed by atoms with E-state index >= 15 is 0 Å². The molecule has 1 aromatic carbocycles. The molecule has 4 N–H and O–H groups in total. The maximum absolute atomic E-state index is 8.74. The maximum Gasteiger partial charge on any atom is 0.394 e. The second kappa shape index (κ2) is 7.25. The third kappa shape index (κ3) is 8.26. The van der Waals surface area contributed by atoms with Crippen molar-refractivity contribution in [1.29, 1.82) is 0 Å². The predicted octanol–water partition coefficient (Wildman–Crippen LogP) is 1.11. The molecule has 9 heteroatoms. The van der Waals surface area contributed by atoms with Gasteiger partial charge in [0.2, 0.25) is 0 Å². The highest BCUT2D eigenvalue weighted by atomic mass is 35.5. The monoisotopic (exact) mass is 270 g/mol. The van der Waals surface area contributed by atoms with Gasteiger partial charge in [-0.15, -0.1) is 4.94 Å². The Hall–Kier alpha value is -1.06. The predicted molar refractivity (Wildman–Crippen MR) is 59.8 cm³/mol. The highest BCUT2D eigenvalue weighted by Gasteiger charge is 1.97. The van der Waals surface area contributed by atoms with Gasteiger partial charge in [-0.3, -0.25) is 9.11 Å². The minimum absolute atomic E-state index is 0.751. The maximum atomic E-state index is 8.74. The molecule has 0 bridgehead atoms. The minimum atomic E-state index is -4.67. The zero-order chi connectivity index (χ0) is 12.6. The Morgan fingerprint density at radius 3 is 2.25 bits per heavy atom. The number of rotatable bonds is 3. The van der Waals surface area contributed by atoms with E-state index in [2.05, 4.69) is 10.4 Å². The zero-order valence-corrected chi connectivity index (χ0v) is 9.79. The Bertz CT molecular complexity index is 403. The number of halogens is 1. The lowest BCUT2D eigenvalue weighted by Crippen LogP contribution is -2.09. The topological polar surface area (TPSA) is 108 Å². The number of para-hydroxylation sites is 2. The van der Waals surface area contributed by atoms with Gasteiger partial charge in [-0.25, -0.2) is 0 Å². The lowest BCUT2D eigenvalue weighted by atomic mass is 10.3. The molecule has 92 valence electrons. The van der Waals surface area contributed by atoms with Crippen LogP contribution in [0.1, 0.15) is 0 Å². The molecule has 16 heavy (non-hydrogen) atoms. The summed E-state index contributed by atoms with van der Waals surface area (Å²) < 4.78 is 36.6. The SMILES string of the molecule is COc1ccccc1NNCl.O=S(=O)(O)O. The van der Waals surface area contributed by atoms with Crippen LogP contribution in [0.15, 0.2) is 24.3 Å². The molecule has 0 unspecified atom stereocenters. The first-order valence-corrected chi connectivity index (χ1v) is 5.60. The molecular formula is C7H11ClN2O5S. The summed E-state index contributed by atoms with van der Waals surface area (Å²) >= 11 is 5.25. The minimum Gasteiger partial charge on any atom is -0.495 e. The molecule has 0 radical (unpaired) electrons. The first-order valence-electron chi connectivity index (χ1n) is 3.83. The molecule has 0 fully saturated rings. The third-order valence-corrected chi connectivity index (χ3v) is 1.38. The molecule has 0 saturated heterocycles. The van der Waals surface area contributed by atoms with Crippen molar-refractivity contribution in [3.05, 3.63) is 24.3 Å². The first kappa shape index (κ1) is 14.9. The number of ether oxygens (including phenoxy) is 1. The molecule has 1 aromatic rings. The van der Waals surface area contributed by atoms with Crippen molar-refractivity contribution in [3.63, 3.8) is 0 Å². The normalized spacial score (nSPS) is 10.0. The summed E-state index contributed by atoms with van der Waals surface area (Å²) in [4.78, 5) is 2.30. The quantitative estimate of drug-likeness (QED) is 0.370. The molecule has 1 rings (SSSR count). The fourth-order valence-electron chi connectivity index (χ4n) is 0.799. The van der Waals surface area contributed by atoms with Crippen LogP contribution in [0, 0.1) is 0 Å². The Labute approximate surface area is 98.0 Å². The van der Waals surface area contributed by atoms with Crippen molar-refractivity contribution in [3.8, 4) is 5.75 Å². The van der Waals surface area contributed by atoms with Crippen molar-refractivity contribution in [1.82, 2.24) is 4.94 Å². The smallest absolute Gasteiger partial charge is 0.394 e. The standard InChI is InChI=1S/C7H9ClN2O.H2O4S/c1-11-7-5-3-2-4-6(7)9-10-8;1-5(2,3)4/h2-5,9-10H,1H3;(H2,1,2,3,4). The number of anilines is 1. The Morgan fingerprint density at radius 1 is 1.31 bits per heavy atom. The molecule has 0 aliphatic heterocycles. The molecular weight excluding hydrogens is 260 g/mol. The van der Waals surface area contributed by atoms with Gasteiger partial charge in [-0.2, -0.15) is 8.42 Å². The van der Waals surface area contributed by atoms with Crippen LogP contribution in [0.25, 0.3) is 0 Å². The van der Waals surface area contributed by atoms with E-state index in [4.69, 9.17) is 34.0 Å². The van der Waals surface area contributed by atoms with Gasteiger partial charge in [0.25, 0.3) is 0 Å². The van der Waals surface area contributed by atoms with Gasteiger partial charge in [-0.1, -0.05) is 12.1 Å². The van der Waals surface area contributed by atoms with E-state index in [0.717, 1.165) is 11.4 Å². The van der Waals surface area contributed by atoms with Crippen LogP contribution >= 0.6 is 11.8 Å². The fourth-order valence-corrected chi connectivity index (χ4v) is 0.901. The number of nitrogens with one attached hydrogen (secondary N) is 2. The van der Waals surface area contributed by atoms with Crippen LogP contribution in [-0.4, -0.2) is 24.6 Å². The summed E-state index contributed by atoms with van der Waals surface area (Å²) in [6.07, 6.45) is 0. The van der Waals surface area contributed by atoms with Crippen LogP contribution in [-0.2, 0) is 10.4 Å². The van der Waals surface area contributed by atoms with Crippen molar-refractivity contribution in [2.24, 2.45) is 0 Å². The highest BCUT2D eigenvalue weighted by molar-refractivity contribution is 7.79. The lowest BCUT2D eigenvalue weighted by molar-refractivity contribution is 0.381. The van der Waals surface area contributed by atoms with Gasteiger partial charge >= 0.3 is 10.4 Å². The summed E-state index contributed by atoms with van der Waals surface area (Å²) in [6.45, 7) is 0. The first-order chi connectivity index (χ1) is 7.38. The van der Waals surface area contributed by atoms with Crippen LogP contribution in [0.2, 0.25) is 0 Å². The second-order valence-electron chi connectivity index (χ2n) is 2.37. The van der Waals surface area contributed by atoms with E-state index in [0.29, 0.717) is 0 Å². The molecule has 0 saturated carbocycles. The molecule has 0 aliphatic rings. The molecule has 0 aliphatic carbocycles. The highest BCUT2D eigenvalue weighted by Crippen LogP contribution is 2.21.